The molecule has 2 heteroatoms. The van der Waals surface area contributed by atoms with Crippen LogP contribution in [-0.4, -0.2) is 18.0 Å². The standard InChI is InChI=1S/C13H19N.ClH/c1-12-5-7-13(8-6-12)11-14-9-3-2-4-10-14;/h5-8H,2-4,9-11H2,1H3;1H. The predicted molar refractivity (Wildman–Crippen MR) is 67.6 cm³/mol. The fraction of sp³-hybridized carbons (Fsp3) is 0.538. The molecule has 1 heterocycles. The molecule has 1 fully saturated rings. The maximum Gasteiger partial charge on any atom is 0.0233 e. The Hall–Kier alpha value is -0.530. The van der Waals surface area contributed by atoms with Crippen molar-refractivity contribution in [3.8, 4) is 0 Å². The Labute approximate surface area is 98.9 Å². The molecule has 84 valence electrons. The van der Waals surface area contributed by atoms with E-state index >= 15 is 0 Å². The molecular formula is C13H20ClN. The van der Waals surface area contributed by atoms with Crippen molar-refractivity contribution in [2.24, 2.45) is 0 Å². The van der Waals surface area contributed by atoms with Gasteiger partial charge in [0.25, 0.3) is 0 Å². The highest BCUT2D eigenvalue weighted by atomic mass is 35.5. The van der Waals surface area contributed by atoms with E-state index in [0.717, 1.165) is 6.54 Å². The second kappa shape index (κ2) is 6.14. The van der Waals surface area contributed by atoms with Crippen molar-refractivity contribution in [2.75, 3.05) is 13.1 Å². The Bertz CT molecular complexity index is 275. The maximum absolute atomic E-state index is 2.56. The minimum Gasteiger partial charge on any atom is -0.299 e. The molecule has 0 N–H and O–H groups in total. The van der Waals surface area contributed by atoms with Crippen LogP contribution in [0.25, 0.3) is 0 Å². The summed E-state index contributed by atoms with van der Waals surface area (Å²) >= 11 is 0. The second-order valence-corrected chi connectivity index (χ2v) is 4.32. The molecule has 0 saturated carbocycles. The first kappa shape index (κ1) is 12.5. The van der Waals surface area contributed by atoms with Crippen LogP contribution in [0.5, 0.6) is 0 Å². The van der Waals surface area contributed by atoms with Gasteiger partial charge in [0.1, 0.15) is 0 Å². The zero-order chi connectivity index (χ0) is 9.80. The van der Waals surface area contributed by atoms with E-state index in [-0.39, 0.29) is 12.4 Å². The topological polar surface area (TPSA) is 3.24 Å². The van der Waals surface area contributed by atoms with Crippen LogP contribution in [0.4, 0.5) is 0 Å². The van der Waals surface area contributed by atoms with E-state index in [0.29, 0.717) is 0 Å². The molecule has 0 aliphatic carbocycles. The van der Waals surface area contributed by atoms with Gasteiger partial charge >= 0.3 is 0 Å². The fourth-order valence-electron chi connectivity index (χ4n) is 2.07. The smallest absolute Gasteiger partial charge is 0.0233 e. The SMILES string of the molecule is Cc1ccc(CN2CCCCC2)cc1.Cl. The molecular weight excluding hydrogens is 206 g/mol. The van der Waals surface area contributed by atoms with Crippen molar-refractivity contribution >= 4 is 12.4 Å². The van der Waals surface area contributed by atoms with Crippen LogP contribution in [-0.2, 0) is 6.54 Å². The first-order valence-corrected chi connectivity index (χ1v) is 5.62. The Balaban J connectivity index is 0.00000112. The van der Waals surface area contributed by atoms with Gasteiger partial charge in [-0.25, -0.2) is 0 Å². The Morgan fingerprint density at radius 2 is 1.60 bits per heavy atom. The van der Waals surface area contributed by atoms with Crippen molar-refractivity contribution in [3.63, 3.8) is 0 Å². The Morgan fingerprint density at radius 3 is 2.20 bits per heavy atom. The van der Waals surface area contributed by atoms with E-state index in [1.54, 1.807) is 0 Å². The van der Waals surface area contributed by atoms with Crippen LogP contribution in [0.15, 0.2) is 24.3 Å². The van der Waals surface area contributed by atoms with Gasteiger partial charge in [-0.2, -0.15) is 0 Å². The van der Waals surface area contributed by atoms with Crippen molar-refractivity contribution < 1.29 is 0 Å². The number of likely N-dealkylation sites (tertiary alicyclic amines) is 1. The number of halogens is 1. The quantitative estimate of drug-likeness (QED) is 0.746. The fourth-order valence-corrected chi connectivity index (χ4v) is 2.07. The monoisotopic (exact) mass is 225 g/mol. The average molecular weight is 226 g/mol. The largest absolute Gasteiger partial charge is 0.299 e. The number of aryl methyl sites for hydroxylation is 1. The van der Waals surface area contributed by atoms with Crippen LogP contribution in [0.2, 0.25) is 0 Å². The van der Waals surface area contributed by atoms with Gasteiger partial charge in [-0.1, -0.05) is 36.2 Å². The molecule has 1 nitrogen and oxygen atoms in total. The van der Waals surface area contributed by atoms with Crippen LogP contribution in [0.3, 0.4) is 0 Å². The number of benzene rings is 1. The van der Waals surface area contributed by atoms with Crippen LogP contribution < -0.4 is 0 Å². The van der Waals surface area contributed by atoms with E-state index in [1.807, 2.05) is 0 Å². The molecule has 0 amide bonds. The molecule has 1 aliphatic heterocycles. The minimum atomic E-state index is 0. The lowest BCUT2D eigenvalue weighted by Gasteiger charge is -2.26. The van der Waals surface area contributed by atoms with Crippen LogP contribution in [0, 0.1) is 6.92 Å². The summed E-state index contributed by atoms with van der Waals surface area (Å²) in [4.78, 5) is 2.56. The summed E-state index contributed by atoms with van der Waals surface area (Å²) in [5.74, 6) is 0. The van der Waals surface area contributed by atoms with E-state index in [1.165, 1.54) is 43.5 Å². The van der Waals surface area contributed by atoms with Crippen molar-refractivity contribution in [2.45, 2.75) is 32.7 Å². The third kappa shape index (κ3) is 3.84. The molecule has 0 spiro atoms. The molecule has 0 unspecified atom stereocenters. The third-order valence-electron chi connectivity index (χ3n) is 2.98. The van der Waals surface area contributed by atoms with E-state index in [9.17, 15) is 0 Å². The lowest BCUT2D eigenvalue weighted by Crippen LogP contribution is -2.28. The van der Waals surface area contributed by atoms with Gasteiger partial charge in [0.2, 0.25) is 0 Å². The lowest BCUT2D eigenvalue weighted by atomic mass is 10.1. The van der Waals surface area contributed by atoms with Gasteiger partial charge < -0.3 is 0 Å². The van der Waals surface area contributed by atoms with Crippen molar-refractivity contribution in [1.29, 1.82) is 0 Å². The van der Waals surface area contributed by atoms with E-state index in [4.69, 9.17) is 0 Å². The number of rotatable bonds is 2. The summed E-state index contributed by atoms with van der Waals surface area (Å²) in [6, 6.07) is 8.92. The summed E-state index contributed by atoms with van der Waals surface area (Å²) in [5.41, 5.74) is 2.81. The average Bonchev–Trinajstić information content (AvgIpc) is 2.23. The van der Waals surface area contributed by atoms with Gasteiger partial charge in [-0.3, -0.25) is 4.90 Å². The highest BCUT2D eigenvalue weighted by Gasteiger charge is 2.09. The number of hydrogen-bond acceptors (Lipinski definition) is 1. The first-order valence-electron chi connectivity index (χ1n) is 5.62. The zero-order valence-corrected chi connectivity index (χ0v) is 10.2. The molecule has 1 saturated heterocycles. The van der Waals surface area contributed by atoms with E-state index in [2.05, 4.69) is 36.1 Å². The lowest BCUT2D eigenvalue weighted by molar-refractivity contribution is 0.221. The highest BCUT2D eigenvalue weighted by molar-refractivity contribution is 5.85. The molecule has 2 rings (SSSR count). The molecule has 0 bridgehead atoms. The van der Waals surface area contributed by atoms with Crippen LogP contribution >= 0.6 is 12.4 Å². The number of nitrogens with zero attached hydrogens (tertiary/aromatic N) is 1. The molecule has 15 heavy (non-hydrogen) atoms. The molecule has 1 aromatic rings. The Morgan fingerprint density at radius 1 is 1.00 bits per heavy atom. The maximum atomic E-state index is 2.56. The zero-order valence-electron chi connectivity index (χ0n) is 9.41. The summed E-state index contributed by atoms with van der Waals surface area (Å²) in [7, 11) is 0. The molecule has 1 aromatic carbocycles. The molecule has 0 radical (unpaired) electrons. The number of hydrogen-bond donors (Lipinski definition) is 0. The third-order valence-corrected chi connectivity index (χ3v) is 2.98. The van der Waals surface area contributed by atoms with Gasteiger partial charge in [-0.15, -0.1) is 12.4 Å². The minimum absolute atomic E-state index is 0. The second-order valence-electron chi connectivity index (χ2n) is 4.32. The summed E-state index contributed by atoms with van der Waals surface area (Å²) in [6.45, 7) is 5.85. The summed E-state index contributed by atoms with van der Waals surface area (Å²) in [5, 5.41) is 0. The predicted octanol–water partition coefficient (Wildman–Crippen LogP) is 3.40. The molecule has 0 aromatic heterocycles. The van der Waals surface area contributed by atoms with Gasteiger partial charge in [0, 0.05) is 6.54 Å². The Kier molecular flexibility index (Phi) is 5.13. The normalized spacial score (nSPS) is 17.1. The summed E-state index contributed by atoms with van der Waals surface area (Å²) in [6.07, 6.45) is 4.18. The van der Waals surface area contributed by atoms with Crippen molar-refractivity contribution in [1.82, 2.24) is 4.90 Å². The molecule has 1 aliphatic rings. The van der Waals surface area contributed by atoms with Gasteiger partial charge in [0.05, 0.1) is 0 Å². The number of piperidine rings is 1. The van der Waals surface area contributed by atoms with Gasteiger partial charge in [-0.05, 0) is 38.4 Å². The van der Waals surface area contributed by atoms with Gasteiger partial charge in [0.15, 0.2) is 0 Å². The first-order chi connectivity index (χ1) is 6.84. The van der Waals surface area contributed by atoms with Crippen LogP contribution in [0.1, 0.15) is 30.4 Å². The van der Waals surface area contributed by atoms with Crippen molar-refractivity contribution in [3.05, 3.63) is 35.4 Å². The summed E-state index contributed by atoms with van der Waals surface area (Å²) < 4.78 is 0. The van der Waals surface area contributed by atoms with E-state index < -0.39 is 0 Å². The molecule has 0 atom stereocenters. The highest BCUT2D eigenvalue weighted by Crippen LogP contribution is 2.13.